The number of aromatic nitrogens is 2. The predicted molar refractivity (Wildman–Crippen MR) is 60.0 cm³/mol. The highest BCUT2D eigenvalue weighted by molar-refractivity contribution is 5.34. The molecule has 0 unspecified atom stereocenters. The average molecular weight is 219 g/mol. The van der Waals surface area contributed by atoms with Gasteiger partial charge in [0, 0.05) is 19.4 Å². The van der Waals surface area contributed by atoms with Crippen LogP contribution in [0.15, 0.2) is 41.5 Å². The Labute approximate surface area is 92.6 Å². The molecule has 2 aromatic rings. The van der Waals surface area contributed by atoms with Gasteiger partial charge in [0.15, 0.2) is 0 Å². The summed E-state index contributed by atoms with van der Waals surface area (Å²) in [5, 5.41) is 0. The Bertz CT molecular complexity index is 525. The van der Waals surface area contributed by atoms with E-state index in [0.717, 1.165) is 11.3 Å². The molecular weight excluding hydrogens is 206 g/mol. The third-order valence-corrected chi connectivity index (χ3v) is 2.41. The summed E-state index contributed by atoms with van der Waals surface area (Å²) in [5.41, 5.74) is 1.73. The summed E-state index contributed by atoms with van der Waals surface area (Å²) in [4.78, 5) is 16.2. The molecule has 0 radical (unpaired) electrons. The van der Waals surface area contributed by atoms with Gasteiger partial charge in [0.1, 0.15) is 0 Å². The van der Waals surface area contributed by atoms with Crippen LogP contribution in [-0.2, 0) is 18.5 Å². The highest BCUT2D eigenvalue weighted by Gasteiger charge is 2.02. The second-order valence-corrected chi connectivity index (χ2v) is 3.54. The zero-order valence-electron chi connectivity index (χ0n) is 8.96. The zero-order valence-corrected chi connectivity index (χ0v) is 8.96. The minimum absolute atomic E-state index is 0.0668. The smallest absolute Gasteiger partial charge is 0.302 e. The van der Waals surface area contributed by atoms with E-state index in [1.165, 1.54) is 4.57 Å². The quantitative estimate of drug-likeness (QED) is 0.767. The average Bonchev–Trinajstić information content (AvgIpc) is 2.62. The maximum absolute atomic E-state index is 11.7. The van der Waals surface area contributed by atoms with Gasteiger partial charge in [-0.1, -0.05) is 12.1 Å². The molecule has 0 aliphatic carbocycles. The Kier molecular flexibility index (Phi) is 2.89. The molecule has 5 heteroatoms. The van der Waals surface area contributed by atoms with Gasteiger partial charge in [-0.25, -0.2) is 10.7 Å². The molecule has 0 fully saturated rings. The number of imidazole rings is 1. The first-order chi connectivity index (χ1) is 7.72. The number of aryl methyl sites for hydroxylation is 1. The lowest BCUT2D eigenvalue weighted by atomic mass is 10.2. The van der Waals surface area contributed by atoms with Gasteiger partial charge in [-0.3, -0.25) is 9.40 Å². The molecule has 2 N–H and O–H groups in total. The third kappa shape index (κ3) is 1.91. The number of hydrogen-bond acceptors (Lipinski definition) is 3. The summed E-state index contributed by atoms with van der Waals surface area (Å²) in [6.45, 7) is 0.365. The minimum atomic E-state index is -0.0668. The molecule has 0 spiro atoms. The first kappa shape index (κ1) is 10.7. The molecule has 0 aliphatic heterocycles. The van der Waals surface area contributed by atoms with Crippen LogP contribution in [0.25, 0.3) is 5.69 Å². The number of benzene rings is 1. The molecule has 16 heavy (non-hydrogen) atoms. The van der Waals surface area contributed by atoms with E-state index in [1.807, 2.05) is 24.3 Å². The first-order valence-electron chi connectivity index (χ1n) is 4.87. The Morgan fingerprint density at radius 2 is 1.94 bits per heavy atom. The molecule has 1 aromatic heterocycles. The Balaban J connectivity index is 2.35. The van der Waals surface area contributed by atoms with Gasteiger partial charge in [0.05, 0.1) is 12.3 Å². The van der Waals surface area contributed by atoms with E-state index in [-0.39, 0.29) is 5.69 Å². The highest BCUT2D eigenvalue weighted by atomic mass is 16.6. The van der Waals surface area contributed by atoms with Crippen LogP contribution in [0.3, 0.4) is 0 Å². The van der Waals surface area contributed by atoms with Crippen molar-refractivity contribution >= 4 is 0 Å². The van der Waals surface area contributed by atoms with Gasteiger partial charge < -0.3 is 4.57 Å². The molecule has 1 aromatic carbocycles. The fourth-order valence-electron chi connectivity index (χ4n) is 1.51. The van der Waals surface area contributed by atoms with Crippen molar-refractivity contribution in [3.63, 3.8) is 0 Å². The first-order valence-corrected chi connectivity index (χ1v) is 4.87. The highest BCUT2D eigenvalue weighted by Crippen LogP contribution is 2.08. The van der Waals surface area contributed by atoms with E-state index >= 15 is 0 Å². The van der Waals surface area contributed by atoms with Crippen molar-refractivity contribution in [2.75, 3.05) is 0 Å². The standard InChI is InChI=1S/C11H13N3O2/c1-13-6-7-14(11(13)15)10-4-2-9(3-5-10)8-16-12/h2-7H,8,12H2,1H3. The van der Waals surface area contributed by atoms with Crippen molar-refractivity contribution in [3.05, 3.63) is 52.7 Å². The molecule has 0 amide bonds. The maximum Gasteiger partial charge on any atom is 0.332 e. The Morgan fingerprint density at radius 1 is 1.25 bits per heavy atom. The van der Waals surface area contributed by atoms with Crippen LogP contribution < -0.4 is 11.6 Å². The molecule has 1 heterocycles. The van der Waals surface area contributed by atoms with Crippen molar-refractivity contribution in [2.45, 2.75) is 6.61 Å². The third-order valence-electron chi connectivity index (χ3n) is 2.41. The zero-order chi connectivity index (χ0) is 11.5. The number of hydrogen-bond donors (Lipinski definition) is 1. The van der Waals surface area contributed by atoms with E-state index in [1.54, 1.807) is 24.0 Å². The van der Waals surface area contributed by atoms with Crippen LogP contribution in [0, 0.1) is 0 Å². The van der Waals surface area contributed by atoms with Crippen LogP contribution in [0.4, 0.5) is 0 Å². The fraction of sp³-hybridized carbons (Fsp3) is 0.182. The summed E-state index contributed by atoms with van der Waals surface area (Å²) in [5.74, 6) is 4.98. The van der Waals surface area contributed by atoms with Gasteiger partial charge in [0.2, 0.25) is 0 Å². The van der Waals surface area contributed by atoms with Crippen LogP contribution in [-0.4, -0.2) is 9.13 Å². The molecule has 84 valence electrons. The van der Waals surface area contributed by atoms with Gasteiger partial charge >= 0.3 is 5.69 Å². The fourth-order valence-corrected chi connectivity index (χ4v) is 1.51. The number of nitrogens with two attached hydrogens (primary N) is 1. The van der Waals surface area contributed by atoms with Crippen molar-refractivity contribution in [1.82, 2.24) is 9.13 Å². The minimum Gasteiger partial charge on any atom is -0.302 e. The van der Waals surface area contributed by atoms with Crippen LogP contribution >= 0.6 is 0 Å². The van der Waals surface area contributed by atoms with Gasteiger partial charge in [-0.05, 0) is 17.7 Å². The van der Waals surface area contributed by atoms with E-state index in [4.69, 9.17) is 5.90 Å². The summed E-state index contributed by atoms with van der Waals surface area (Å²) in [6.07, 6.45) is 3.45. The molecule has 0 atom stereocenters. The maximum atomic E-state index is 11.7. The van der Waals surface area contributed by atoms with E-state index in [9.17, 15) is 4.79 Å². The van der Waals surface area contributed by atoms with Gasteiger partial charge in [0.25, 0.3) is 0 Å². The van der Waals surface area contributed by atoms with E-state index in [2.05, 4.69) is 4.84 Å². The normalized spacial score (nSPS) is 10.6. The molecule has 2 rings (SSSR count). The van der Waals surface area contributed by atoms with Crippen LogP contribution in [0.1, 0.15) is 5.56 Å². The molecule has 5 nitrogen and oxygen atoms in total. The Hall–Kier alpha value is -1.85. The van der Waals surface area contributed by atoms with Crippen molar-refractivity contribution in [2.24, 2.45) is 12.9 Å². The number of nitrogens with zero attached hydrogens (tertiary/aromatic N) is 2. The largest absolute Gasteiger partial charge is 0.332 e. The van der Waals surface area contributed by atoms with Crippen molar-refractivity contribution in [3.8, 4) is 5.69 Å². The number of rotatable bonds is 3. The van der Waals surface area contributed by atoms with Gasteiger partial charge in [-0.15, -0.1) is 0 Å². The molecule has 0 saturated carbocycles. The molecule has 0 aliphatic rings. The lowest BCUT2D eigenvalue weighted by molar-refractivity contribution is 0.124. The summed E-state index contributed by atoms with van der Waals surface area (Å²) >= 11 is 0. The summed E-state index contributed by atoms with van der Waals surface area (Å²) in [6, 6.07) is 7.47. The van der Waals surface area contributed by atoms with Crippen LogP contribution in [0.2, 0.25) is 0 Å². The lowest BCUT2D eigenvalue weighted by Gasteiger charge is -2.03. The SMILES string of the molecule is Cn1ccn(-c2ccc(CON)cc2)c1=O. The second kappa shape index (κ2) is 4.34. The van der Waals surface area contributed by atoms with Crippen molar-refractivity contribution in [1.29, 1.82) is 0 Å². The van der Waals surface area contributed by atoms with E-state index < -0.39 is 0 Å². The summed E-state index contributed by atoms with van der Waals surface area (Å²) in [7, 11) is 1.72. The van der Waals surface area contributed by atoms with Crippen molar-refractivity contribution < 1.29 is 4.84 Å². The van der Waals surface area contributed by atoms with Crippen LogP contribution in [0.5, 0.6) is 0 Å². The molecule has 0 bridgehead atoms. The topological polar surface area (TPSA) is 62.2 Å². The predicted octanol–water partition coefficient (Wildman–Crippen LogP) is 0.566. The lowest BCUT2D eigenvalue weighted by Crippen LogP contribution is -2.20. The molecular formula is C11H13N3O2. The van der Waals surface area contributed by atoms with E-state index in [0.29, 0.717) is 6.61 Å². The monoisotopic (exact) mass is 219 g/mol. The van der Waals surface area contributed by atoms with Gasteiger partial charge in [-0.2, -0.15) is 0 Å². The second-order valence-electron chi connectivity index (χ2n) is 3.54. The summed E-state index contributed by atoms with van der Waals surface area (Å²) < 4.78 is 3.10. The Morgan fingerprint density at radius 3 is 2.44 bits per heavy atom. The molecule has 0 saturated heterocycles.